The van der Waals surface area contributed by atoms with Gasteiger partial charge in [-0.15, -0.1) is 0 Å². The van der Waals surface area contributed by atoms with Gasteiger partial charge in [-0.1, -0.05) is 48.9 Å². The van der Waals surface area contributed by atoms with Crippen LogP contribution in [0.15, 0.2) is 48.5 Å². The predicted octanol–water partition coefficient (Wildman–Crippen LogP) is 5.08. The third-order valence-corrected chi connectivity index (χ3v) is 5.54. The molecule has 0 spiro atoms. The fraction of sp³-hybridized carbons (Fsp3) is 0.409. The summed E-state index contributed by atoms with van der Waals surface area (Å²) in [7, 11) is 0. The first-order valence-corrected chi connectivity index (χ1v) is 10.6. The zero-order valence-electron chi connectivity index (χ0n) is 16.1. The molecule has 2 aromatic carbocycles. The number of para-hydroxylation sites is 1. The van der Waals surface area contributed by atoms with E-state index in [9.17, 15) is 0 Å². The van der Waals surface area contributed by atoms with Crippen LogP contribution in [0.25, 0.3) is 10.2 Å². The lowest BCUT2D eigenvalue weighted by Crippen LogP contribution is -2.29. The second-order valence-corrected chi connectivity index (χ2v) is 7.77. The average Bonchev–Trinajstić information content (AvgIpc) is 3.11. The normalized spacial score (nSPS) is 11.4. The molecule has 27 heavy (non-hydrogen) atoms. The number of hydrogen-bond acceptors (Lipinski definition) is 5. The molecule has 1 aromatic heterocycles. The van der Waals surface area contributed by atoms with Gasteiger partial charge in [0, 0.05) is 6.54 Å². The number of benzene rings is 2. The number of hydrogen-bond donors (Lipinski definition) is 1. The van der Waals surface area contributed by atoms with Gasteiger partial charge < -0.3 is 15.4 Å². The maximum atomic E-state index is 5.93. The maximum Gasteiger partial charge on any atom is 0.279 e. The molecule has 0 bridgehead atoms. The minimum absolute atomic E-state index is 0.691. The Morgan fingerprint density at radius 3 is 2.52 bits per heavy atom. The van der Waals surface area contributed by atoms with Gasteiger partial charge in [-0.2, -0.15) is 0 Å². The standard InChI is InChI=1S/C22H29N3OS/c1-2-3-15-25(16-6-14-23)17-13-18-9-11-19(12-10-18)26-22-24-20-7-4-5-8-21(20)27-22/h4-5,7-12H,2-3,6,13-17,23H2,1H3. The second-order valence-electron chi connectivity index (χ2n) is 6.78. The predicted molar refractivity (Wildman–Crippen MR) is 115 cm³/mol. The van der Waals surface area contributed by atoms with Gasteiger partial charge in [0.25, 0.3) is 5.19 Å². The molecule has 0 saturated carbocycles. The van der Waals surface area contributed by atoms with Gasteiger partial charge in [0.2, 0.25) is 0 Å². The second kappa shape index (κ2) is 10.4. The molecular formula is C22H29N3OS. The van der Waals surface area contributed by atoms with E-state index in [1.165, 1.54) is 18.4 Å². The summed E-state index contributed by atoms with van der Waals surface area (Å²) in [5.41, 5.74) is 7.99. The number of nitrogens with zero attached hydrogens (tertiary/aromatic N) is 2. The fourth-order valence-corrected chi connectivity index (χ4v) is 3.87. The van der Waals surface area contributed by atoms with Crippen LogP contribution in [0.3, 0.4) is 0 Å². The lowest BCUT2D eigenvalue weighted by atomic mass is 10.1. The van der Waals surface area contributed by atoms with Crippen LogP contribution in [0.2, 0.25) is 0 Å². The average molecular weight is 384 g/mol. The summed E-state index contributed by atoms with van der Waals surface area (Å²) in [6.45, 7) is 6.34. The zero-order valence-corrected chi connectivity index (χ0v) is 16.9. The Balaban J connectivity index is 1.54. The van der Waals surface area contributed by atoms with Crippen molar-refractivity contribution < 1.29 is 4.74 Å². The van der Waals surface area contributed by atoms with Crippen molar-refractivity contribution in [1.29, 1.82) is 0 Å². The molecule has 3 aromatic rings. The summed E-state index contributed by atoms with van der Waals surface area (Å²) < 4.78 is 7.08. The monoisotopic (exact) mass is 383 g/mol. The Kier molecular flexibility index (Phi) is 7.63. The van der Waals surface area contributed by atoms with Crippen molar-refractivity contribution >= 4 is 21.6 Å². The highest BCUT2D eigenvalue weighted by molar-refractivity contribution is 7.20. The van der Waals surface area contributed by atoms with Crippen molar-refractivity contribution in [1.82, 2.24) is 9.88 Å². The van der Waals surface area contributed by atoms with Gasteiger partial charge in [-0.3, -0.25) is 0 Å². The van der Waals surface area contributed by atoms with Crippen molar-refractivity contribution in [3.8, 4) is 10.9 Å². The Morgan fingerprint density at radius 2 is 1.78 bits per heavy atom. The van der Waals surface area contributed by atoms with Crippen molar-refractivity contribution in [2.75, 3.05) is 26.2 Å². The Morgan fingerprint density at radius 1 is 1.00 bits per heavy atom. The number of unbranched alkanes of at least 4 members (excludes halogenated alkanes) is 1. The van der Waals surface area contributed by atoms with E-state index in [-0.39, 0.29) is 0 Å². The molecule has 0 aliphatic carbocycles. The van der Waals surface area contributed by atoms with Gasteiger partial charge in [0.05, 0.1) is 10.2 Å². The van der Waals surface area contributed by atoms with Crippen LogP contribution in [-0.4, -0.2) is 36.1 Å². The minimum atomic E-state index is 0.691. The van der Waals surface area contributed by atoms with Gasteiger partial charge in [0.1, 0.15) is 5.75 Å². The number of ether oxygens (including phenoxy) is 1. The summed E-state index contributed by atoms with van der Waals surface area (Å²) in [5, 5.41) is 0.691. The van der Waals surface area contributed by atoms with Crippen LogP contribution < -0.4 is 10.5 Å². The molecule has 0 amide bonds. The molecule has 3 rings (SSSR count). The number of aromatic nitrogens is 1. The van der Waals surface area contributed by atoms with E-state index >= 15 is 0 Å². The van der Waals surface area contributed by atoms with Crippen molar-refractivity contribution in [3.05, 3.63) is 54.1 Å². The molecule has 0 unspecified atom stereocenters. The van der Waals surface area contributed by atoms with Crippen LogP contribution in [-0.2, 0) is 6.42 Å². The van der Waals surface area contributed by atoms with E-state index in [2.05, 4.69) is 35.0 Å². The van der Waals surface area contributed by atoms with Crippen LogP contribution in [0.4, 0.5) is 0 Å². The molecule has 0 saturated heterocycles. The summed E-state index contributed by atoms with van der Waals surface area (Å²) in [6, 6.07) is 16.5. The molecule has 0 aliphatic heterocycles. The molecule has 144 valence electrons. The van der Waals surface area contributed by atoms with Crippen LogP contribution in [0, 0.1) is 0 Å². The highest BCUT2D eigenvalue weighted by Gasteiger charge is 2.07. The van der Waals surface area contributed by atoms with Gasteiger partial charge in [-0.05, 0) is 68.7 Å². The summed E-state index contributed by atoms with van der Waals surface area (Å²) in [4.78, 5) is 7.06. The Labute approximate surface area is 166 Å². The topological polar surface area (TPSA) is 51.4 Å². The molecule has 0 aliphatic rings. The van der Waals surface area contributed by atoms with Crippen molar-refractivity contribution in [2.45, 2.75) is 32.6 Å². The van der Waals surface area contributed by atoms with E-state index in [4.69, 9.17) is 10.5 Å². The van der Waals surface area contributed by atoms with E-state index in [0.29, 0.717) is 5.19 Å². The number of nitrogens with two attached hydrogens (primary N) is 1. The summed E-state index contributed by atoms with van der Waals surface area (Å²) in [5.74, 6) is 0.837. The smallest absolute Gasteiger partial charge is 0.279 e. The van der Waals surface area contributed by atoms with E-state index in [0.717, 1.165) is 55.0 Å². The van der Waals surface area contributed by atoms with Crippen molar-refractivity contribution in [3.63, 3.8) is 0 Å². The first-order valence-electron chi connectivity index (χ1n) is 9.83. The van der Waals surface area contributed by atoms with Crippen LogP contribution in [0.1, 0.15) is 31.7 Å². The summed E-state index contributed by atoms with van der Waals surface area (Å²) in [6.07, 6.45) is 4.60. The van der Waals surface area contributed by atoms with Gasteiger partial charge >= 0.3 is 0 Å². The fourth-order valence-electron chi connectivity index (χ4n) is 3.04. The summed E-state index contributed by atoms with van der Waals surface area (Å²) >= 11 is 1.58. The maximum absolute atomic E-state index is 5.93. The molecule has 0 fully saturated rings. The first kappa shape index (κ1) is 19.8. The molecule has 0 atom stereocenters. The zero-order chi connectivity index (χ0) is 18.9. The number of thiazole rings is 1. The lowest BCUT2D eigenvalue weighted by Gasteiger charge is -2.21. The van der Waals surface area contributed by atoms with Crippen LogP contribution >= 0.6 is 11.3 Å². The van der Waals surface area contributed by atoms with Gasteiger partial charge in [-0.25, -0.2) is 4.98 Å². The highest BCUT2D eigenvalue weighted by atomic mass is 32.1. The van der Waals surface area contributed by atoms with E-state index < -0.39 is 0 Å². The largest absolute Gasteiger partial charge is 0.431 e. The molecular weight excluding hydrogens is 354 g/mol. The third-order valence-electron chi connectivity index (χ3n) is 4.63. The van der Waals surface area contributed by atoms with E-state index in [1.54, 1.807) is 11.3 Å². The van der Waals surface area contributed by atoms with E-state index in [1.807, 2.05) is 30.3 Å². The lowest BCUT2D eigenvalue weighted by molar-refractivity contribution is 0.271. The quantitative estimate of drug-likeness (QED) is 0.501. The molecule has 4 nitrogen and oxygen atoms in total. The Bertz CT molecular complexity index is 775. The molecule has 0 radical (unpaired) electrons. The third kappa shape index (κ3) is 6.03. The Hall–Kier alpha value is -1.95. The minimum Gasteiger partial charge on any atom is -0.431 e. The first-order chi connectivity index (χ1) is 13.3. The SMILES string of the molecule is CCCCN(CCCN)CCc1ccc(Oc2nc3ccccc3s2)cc1. The highest BCUT2D eigenvalue weighted by Crippen LogP contribution is 2.31. The van der Waals surface area contributed by atoms with Crippen LogP contribution in [0.5, 0.6) is 10.9 Å². The number of fused-ring (bicyclic) bond motifs is 1. The van der Waals surface area contributed by atoms with Crippen molar-refractivity contribution in [2.24, 2.45) is 5.73 Å². The molecule has 2 N–H and O–H groups in total. The molecule has 5 heteroatoms. The van der Waals surface area contributed by atoms with Gasteiger partial charge in [0.15, 0.2) is 0 Å². The number of rotatable bonds is 11. The molecule has 1 heterocycles.